The van der Waals surface area contributed by atoms with E-state index in [0.29, 0.717) is 30.9 Å². The van der Waals surface area contributed by atoms with E-state index in [4.69, 9.17) is 5.73 Å². The Morgan fingerprint density at radius 2 is 2.04 bits per heavy atom. The average molecular weight is 362 g/mol. The van der Waals surface area contributed by atoms with Crippen LogP contribution in [0.4, 0.5) is 0 Å². The van der Waals surface area contributed by atoms with Gasteiger partial charge in [-0.1, -0.05) is 19.9 Å². The largest absolute Gasteiger partial charge is 0.352 e. The standard InChI is InChI=1S/C15H23N3O3S.ClH/c1-10(2)7-12(9-16)18-22(20,21)13-4-3-11-5-6-17-15(19)14(11)8-13;/h3-4,8,10,12,18H,5-7,9,16H2,1-2H3,(H,17,19);1H. The van der Waals surface area contributed by atoms with Crippen LogP contribution >= 0.6 is 12.4 Å². The van der Waals surface area contributed by atoms with E-state index in [1.807, 2.05) is 13.8 Å². The van der Waals surface area contributed by atoms with Gasteiger partial charge in [0.1, 0.15) is 0 Å². The maximum atomic E-state index is 12.5. The molecule has 130 valence electrons. The van der Waals surface area contributed by atoms with Crippen LogP contribution in [0.3, 0.4) is 0 Å². The fourth-order valence-corrected chi connectivity index (χ4v) is 3.89. The van der Waals surface area contributed by atoms with Crippen LogP contribution in [0, 0.1) is 5.92 Å². The third-order valence-corrected chi connectivity index (χ3v) is 5.20. The molecule has 1 aliphatic rings. The number of hydrogen-bond donors (Lipinski definition) is 3. The van der Waals surface area contributed by atoms with Crippen LogP contribution in [-0.4, -0.2) is 33.5 Å². The van der Waals surface area contributed by atoms with Crippen molar-refractivity contribution < 1.29 is 13.2 Å². The Labute approximate surface area is 143 Å². The zero-order valence-corrected chi connectivity index (χ0v) is 15.0. The Kier molecular flexibility index (Phi) is 7.01. The van der Waals surface area contributed by atoms with E-state index < -0.39 is 10.0 Å². The van der Waals surface area contributed by atoms with Gasteiger partial charge in [-0.25, -0.2) is 13.1 Å². The molecule has 0 radical (unpaired) electrons. The lowest BCUT2D eigenvalue weighted by molar-refractivity contribution is 0.0945. The predicted octanol–water partition coefficient (Wildman–Crippen LogP) is 1.05. The van der Waals surface area contributed by atoms with Crippen molar-refractivity contribution in [1.29, 1.82) is 0 Å². The van der Waals surface area contributed by atoms with Crippen LogP contribution in [-0.2, 0) is 16.4 Å². The van der Waals surface area contributed by atoms with E-state index in [1.165, 1.54) is 6.07 Å². The smallest absolute Gasteiger partial charge is 0.251 e. The van der Waals surface area contributed by atoms with Crippen molar-refractivity contribution in [1.82, 2.24) is 10.0 Å². The summed E-state index contributed by atoms with van der Waals surface area (Å²) in [6.07, 6.45) is 1.38. The third kappa shape index (κ3) is 4.91. The van der Waals surface area contributed by atoms with Crippen LogP contribution in [0.15, 0.2) is 23.1 Å². The summed E-state index contributed by atoms with van der Waals surface area (Å²) in [6, 6.07) is 4.38. The van der Waals surface area contributed by atoms with Crippen molar-refractivity contribution in [3.8, 4) is 0 Å². The summed E-state index contributed by atoms with van der Waals surface area (Å²) in [5.41, 5.74) is 6.96. The number of benzene rings is 1. The monoisotopic (exact) mass is 361 g/mol. The lowest BCUT2D eigenvalue weighted by Gasteiger charge is -2.20. The Bertz CT molecular complexity index is 662. The highest BCUT2D eigenvalue weighted by molar-refractivity contribution is 7.89. The molecule has 2 rings (SSSR count). The Hall–Kier alpha value is -1.15. The summed E-state index contributed by atoms with van der Waals surface area (Å²) in [4.78, 5) is 11.9. The molecular formula is C15H24ClN3O3S. The second-order valence-electron chi connectivity index (χ2n) is 6.01. The second kappa shape index (κ2) is 8.10. The quantitative estimate of drug-likeness (QED) is 0.704. The van der Waals surface area contributed by atoms with Crippen molar-refractivity contribution in [2.45, 2.75) is 37.6 Å². The van der Waals surface area contributed by atoms with E-state index in [0.717, 1.165) is 5.56 Å². The van der Waals surface area contributed by atoms with E-state index >= 15 is 0 Å². The number of nitrogens with two attached hydrogens (primary N) is 1. The Morgan fingerprint density at radius 1 is 1.35 bits per heavy atom. The summed E-state index contributed by atoms with van der Waals surface area (Å²) in [5.74, 6) is 0.112. The minimum Gasteiger partial charge on any atom is -0.352 e. The molecule has 1 aliphatic heterocycles. The molecule has 1 unspecified atom stereocenters. The number of hydrogen-bond acceptors (Lipinski definition) is 4. The number of amides is 1. The van der Waals surface area contributed by atoms with Crippen LogP contribution < -0.4 is 15.8 Å². The maximum absolute atomic E-state index is 12.5. The first-order chi connectivity index (χ1) is 10.3. The van der Waals surface area contributed by atoms with Gasteiger partial charge >= 0.3 is 0 Å². The number of fused-ring (bicyclic) bond motifs is 1. The lowest BCUT2D eigenvalue weighted by atomic mass is 10.0. The first-order valence-electron chi connectivity index (χ1n) is 7.47. The zero-order valence-electron chi connectivity index (χ0n) is 13.3. The van der Waals surface area contributed by atoms with Gasteiger partial charge in [0.25, 0.3) is 5.91 Å². The number of rotatable bonds is 6. The van der Waals surface area contributed by atoms with Gasteiger partial charge in [0.15, 0.2) is 0 Å². The highest BCUT2D eigenvalue weighted by atomic mass is 35.5. The first-order valence-corrected chi connectivity index (χ1v) is 8.95. The first kappa shape index (κ1) is 19.9. The molecule has 0 fully saturated rings. The molecule has 8 heteroatoms. The van der Waals surface area contributed by atoms with Crippen molar-refractivity contribution in [3.63, 3.8) is 0 Å². The van der Waals surface area contributed by atoms with Gasteiger partial charge < -0.3 is 11.1 Å². The van der Waals surface area contributed by atoms with Crippen molar-refractivity contribution in [2.75, 3.05) is 13.1 Å². The molecular weight excluding hydrogens is 338 g/mol. The molecule has 4 N–H and O–H groups in total. The van der Waals surface area contributed by atoms with E-state index in [2.05, 4.69) is 10.0 Å². The van der Waals surface area contributed by atoms with Gasteiger partial charge in [0.2, 0.25) is 10.0 Å². The van der Waals surface area contributed by atoms with E-state index in [9.17, 15) is 13.2 Å². The van der Waals surface area contributed by atoms with Gasteiger partial charge in [-0.3, -0.25) is 4.79 Å². The molecule has 23 heavy (non-hydrogen) atoms. The molecule has 1 atom stereocenters. The highest BCUT2D eigenvalue weighted by Gasteiger charge is 2.23. The third-order valence-electron chi connectivity index (χ3n) is 3.68. The van der Waals surface area contributed by atoms with Gasteiger partial charge in [-0.05, 0) is 36.5 Å². The molecule has 1 aromatic carbocycles. The fraction of sp³-hybridized carbons (Fsp3) is 0.533. The summed E-state index contributed by atoms with van der Waals surface area (Å²) in [7, 11) is -3.68. The number of sulfonamides is 1. The van der Waals surface area contributed by atoms with E-state index in [-0.39, 0.29) is 35.8 Å². The number of carbonyl (C=O) groups excluding carboxylic acids is 1. The molecule has 0 bridgehead atoms. The van der Waals surface area contributed by atoms with Gasteiger partial charge in [0.05, 0.1) is 4.90 Å². The number of halogens is 1. The normalized spacial score (nSPS) is 15.6. The van der Waals surface area contributed by atoms with E-state index in [1.54, 1.807) is 12.1 Å². The summed E-state index contributed by atoms with van der Waals surface area (Å²) >= 11 is 0. The van der Waals surface area contributed by atoms with Gasteiger partial charge in [0, 0.05) is 24.7 Å². The lowest BCUT2D eigenvalue weighted by Crippen LogP contribution is -2.41. The maximum Gasteiger partial charge on any atom is 0.251 e. The average Bonchev–Trinajstić information content (AvgIpc) is 2.46. The second-order valence-corrected chi connectivity index (χ2v) is 7.72. The number of carbonyl (C=O) groups is 1. The Morgan fingerprint density at radius 3 is 2.65 bits per heavy atom. The van der Waals surface area contributed by atoms with Crippen molar-refractivity contribution >= 4 is 28.3 Å². The molecule has 0 spiro atoms. The molecule has 1 aromatic rings. The molecule has 6 nitrogen and oxygen atoms in total. The van der Waals surface area contributed by atoms with Crippen LogP contribution in [0.2, 0.25) is 0 Å². The summed E-state index contributed by atoms with van der Waals surface area (Å²) in [5, 5.41) is 2.72. The predicted molar refractivity (Wildman–Crippen MR) is 92.3 cm³/mol. The molecule has 0 saturated heterocycles. The minimum absolute atomic E-state index is 0. The molecule has 0 saturated carbocycles. The highest BCUT2D eigenvalue weighted by Crippen LogP contribution is 2.19. The van der Waals surface area contributed by atoms with Crippen LogP contribution in [0.25, 0.3) is 0 Å². The van der Waals surface area contributed by atoms with Gasteiger partial charge in [-0.2, -0.15) is 0 Å². The fourth-order valence-electron chi connectivity index (χ4n) is 2.61. The van der Waals surface area contributed by atoms with Gasteiger partial charge in [-0.15, -0.1) is 12.4 Å². The Balaban J connectivity index is 0.00000264. The minimum atomic E-state index is -3.68. The number of nitrogens with one attached hydrogen (secondary N) is 2. The molecule has 0 aromatic heterocycles. The summed E-state index contributed by atoms with van der Waals surface area (Å²) in [6.45, 7) is 4.85. The molecule has 1 heterocycles. The van der Waals surface area contributed by atoms with Crippen LogP contribution in [0.1, 0.15) is 36.2 Å². The molecule has 1 amide bonds. The topological polar surface area (TPSA) is 101 Å². The van der Waals surface area contributed by atoms with Crippen molar-refractivity contribution in [2.24, 2.45) is 11.7 Å². The van der Waals surface area contributed by atoms with Crippen molar-refractivity contribution in [3.05, 3.63) is 29.3 Å². The SMILES string of the molecule is CC(C)CC(CN)NS(=O)(=O)c1ccc2c(c1)C(=O)NCC2.Cl. The molecule has 0 aliphatic carbocycles. The summed E-state index contributed by atoms with van der Waals surface area (Å²) < 4.78 is 27.6. The van der Waals surface area contributed by atoms with Crippen LogP contribution in [0.5, 0.6) is 0 Å². The zero-order chi connectivity index (χ0) is 16.3.